The highest BCUT2D eigenvalue weighted by molar-refractivity contribution is 7.80. The van der Waals surface area contributed by atoms with E-state index in [0.29, 0.717) is 4.99 Å². The Labute approximate surface area is 133 Å². The fraction of sp³-hybridized carbons (Fsp3) is 0.588. The molecular weight excluding hydrogens is 280 g/mol. The molecule has 0 radical (unpaired) electrons. The molecule has 116 valence electrons. The van der Waals surface area contributed by atoms with Crippen LogP contribution in [0.4, 0.5) is 5.69 Å². The van der Waals surface area contributed by atoms with Crippen molar-refractivity contribution in [3.05, 3.63) is 23.8 Å². The summed E-state index contributed by atoms with van der Waals surface area (Å²) in [5.74, 6) is 1.18. The van der Waals surface area contributed by atoms with E-state index in [1.807, 2.05) is 0 Å². The smallest absolute Gasteiger partial charge is 0.143 e. The molecular formula is C17H26N2OS. The number of hydrogen-bond donors (Lipinski definition) is 1. The van der Waals surface area contributed by atoms with Crippen LogP contribution in [-0.2, 0) is 0 Å². The SMILES string of the molecule is CCC1(CC)CN(CC(C)C(N)=S)c2ccc(C)cc2O1. The van der Waals surface area contributed by atoms with E-state index in [2.05, 4.69) is 50.8 Å². The molecule has 0 saturated carbocycles. The molecule has 0 amide bonds. The van der Waals surface area contributed by atoms with E-state index < -0.39 is 0 Å². The second-order valence-corrected chi connectivity index (χ2v) is 6.62. The minimum atomic E-state index is -0.114. The molecule has 1 aliphatic rings. The molecule has 1 unspecified atom stereocenters. The fourth-order valence-corrected chi connectivity index (χ4v) is 2.94. The molecule has 0 spiro atoms. The number of aryl methyl sites for hydroxylation is 1. The third-order valence-corrected chi connectivity index (χ3v) is 4.93. The van der Waals surface area contributed by atoms with Gasteiger partial charge in [-0.3, -0.25) is 0 Å². The normalized spacial score (nSPS) is 17.8. The van der Waals surface area contributed by atoms with Crippen LogP contribution in [0.5, 0.6) is 5.75 Å². The van der Waals surface area contributed by atoms with Crippen LogP contribution >= 0.6 is 12.2 Å². The third-order valence-electron chi connectivity index (χ3n) is 4.53. The first kappa shape index (κ1) is 16.1. The highest BCUT2D eigenvalue weighted by Crippen LogP contribution is 2.40. The van der Waals surface area contributed by atoms with Crippen molar-refractivity contribution in [2.24, 2.45) is 11.7 Å². The third kappa shape index (κ3) is 3.31. The van der Waals surface area contributed by atoms with Crippen LogP contribution in [0.25, 0.3) is 0 Å². The van der Waals surface area contributed by atoms with Gasteiger partial charge in [-0.15, -0.1) is 0 Å². The van der Waals surface area contributed by atoms with Gasteiger partial charge in [-0.25, -0.2) is 0 Å². The Balaban J connectivity index is 2.37. The van der Waals surface area contributed by atoms with Crippen LogP contribution in [0.2, 0.25) is 0 Å². The molecule has 0 bridgehead atoms. The van der Waals surface area contributed by atoms with E-state index in [1.54, 1.807) is 0 Å². The van der Waals surface area contributed by atoms with Crippen LogP contribution in [0.3, 0.4) is 0 Å². The van der Waals surface area contributed by atoms with E-state index in [4.69, 9.17) is 22.7 Å². The van der Waals surface area contributed by atoms with Crippen molar-refractivity contribution in [2.75, 3.05) is 18.0 Å². The van der Waals surface area contributed by atoms with Crippen LogP contribution in [0.15, 0.2) is 18.2 Å². The van der Waals surface area contributed by atoms with Gasteiger partial charge in [0, 0.05) is 12.5 Å². The van der Waals surface area contributed by atoms with Crippen molar-refractivity contribution in [1.29, 1.82) is 0 Å². The van der Waals surface area contributed by atoms with E-state index in [0.717, 1.165) is 37.4 Å². The summed E-state index contributed by atoms with van der Waals surface area (Å²) in [5.41, 5.74) is 8.06. The maximum absolute atomic E-state index is 6.37. The second kappa shape index (κ2) is 6.22. The van der Waals surface area contributed by atoms with Crippen LogP contribution in [-0.4, -0.2) is 23.7 Å². The molecule has 0 aromatic heterocycles. The number of ether oxygens (including phenoxy) is 1. The minimum Gasteiger partial charge on any atom is -0.483 e. The Morgan fingerprint density at radius 1 is 1.43 bits per heavy atom. The molecule has 0 fully saturated rings. The Kier molecular flexibility index (Phi) is 4.77. The van der Waals surface area contributed by atoms with Gasteiger partial charge in [-0.1, -0.05) is 39.1 Å². The molecule has 1 heterocycles. The highest BCUT2D eigenvalue weighted by atomic mass is 32.1. The Bertz CT molecular complexity index is 526. The van der Waals surface area contributed by atoms with Crippen molar-refractivity contribution in [1.82, 2.24) is 0 Å². The largest absolute Gasteiger partial charge is 0.483 e. The van der Waals surface area contributed by atoms with Crippen LogP contribution < -0.4 is 15.4 Å². The average Bonchev–Trinajstić information content (AvgIpc) is 2.46. The predicted octanol–water partition coefficient (Wildman–Crippen LogP) is 3.67. The van der Waals surface area contributed by atoms with Crippen LogP contribution in [0.1, 0.15) is 39.2 Å². The van der Waals surface area contributed by atoms with Gasteiger partial charge >= 0.3 is 0 Å². The standard InChI is InChI=1S/C17H26N2OS/c1-5-17(6-2)11-19(10-13(4)16(18)21)14-8-7-12(3)9-15(14)20-17/h7-9,13H,5-6,10-11H2,1-4H3,(H2,18,21). The molecule has 1 aromatic rings. The first-order valence-corrected chi connectivity index (χ1v) is 8.15. The number of nitrogens with zero attached hydrogens (tertiary/aromatic N) is 1. The summed E-state index contributed by atoms with van der Waals surface area (Å²) in [4.78, 5) is 2.96. The molecule has 1 aromatic carbocycles. The maximum atomic E-state index is 6.37. The molecule has 4 heteroatoms. The number of anilines is 1. The molecule has 21 heavy (non-hydrogen) atoms. The zero-order chi connectivity index (χ0) is 15.6. The van der Waals surface area contributed by atoms with E-state index >= 15 is 0 Å². The monoisotopic (exact) mass is 306 g/mol. The van der Waals surface area contributed by atoms with Gasteiger partial charge in [0.1, 0.15) is 11.4 Å². The Morgan fingerprint density at radius 2 is 2.10 bits per heavy atom. The molecule has 1 aliphatic heterocycles. The van der Waals surface area contributed by atoms with E-state index in [1.165, 1.54) is 5.56 Å². The summed E-state index contributed by atoms with van der Waals surface area (Å²) in [5, 5.41) is 0. The summed E-state index contributed by atoms with van der Waals surface area (Å²) in [6.07, 6.45) is 1.99. The quantitative estimate of drug-likeness (QED) is 0.842. The molecule has 0 aliphatic carbocycles. The number of rotatable bonds is 5. The van der Waals surface area contributed by atoms with Crippen molar-refractivity contribution < 1.29 is 4.74 Å². The molecule has 1 atom stereocenters. The number of thiocarbonyl (C=S) groups is 1. The number of benzene rings is 1. The van der Waals surface area contributed by atoms with Gasteiger partial charge in [-0.2, -0.15) is 0 Å². The lowest BCUT2D eigenvalue weighted by molar-refractivity contribution is 0.0570. The van der Waals surface area contributed by atoms with Gasteiger partial charge in [0.05, 0.1) is 17.2 Å². The second-order valence-electron chi connectivity index (χ2n) is 6.15. The molecule has 0 saturated heterocycles. The minimum absolute atomic E-state index is 0.114. The summed E-state index contributed by atoms with van der Waals surface area (Å²) >= 11 is 5.14. The van der Waals surface area contributed by atoms with Gasteiger partial charge in [0.25, 0.3) is 0 Å². The van der Waals surface area contributed by atoms with Gasteiger partial charge in [-0.05, 0) is 37.5 Å². The van der Waals surface area contributed by atoms with Crippen molar-refractivity contribution >= 4 is 22.9 Å². The Hall–Kier alpha value is -1.29. The van der Waals surface area contributed by atoms with Crippen LogP contribution in [0, 0.1) is 12.8 Å². The van der Waals surface area contributed by atoms with E-state index in [-0.39, 0.29) is 11.5 Å². The molecule has 3 nitrogen and oxygen atoms in total. The summed E-state index contributed by atoms with van der Waals surface area (Å²) in [6, 6.07) is 6.41. The predicted molar refractivity (Wildman–Crippen MR) is 93.3 cm³/mol. The molecule has 2 N–H and O–H groups in total. The lowest BCUT2D eigenvalue weighted by Crippen LogP contribution is -2.52. The first-order valence-electron chi connectivity index (χ1n) is 7.74. The van der Waals surface area contributed by atoms with Crippen molar-refractivity contribution in [3.8, 4) is 5.75 Å². The summed E-state index contributed by atoms with van der Waals surface area (Å²) in [6.45, 7) is 10.3. The zero-order valence-corrected chi connectivity index (χ0v) is 14.3. The molecule has 2 rings (SSSR count). The van der Waals surface area contributed by atoms with Crippen molar-refractivity contribution in [2.45, 2.75) is 46.1 Å². The zero-order valence-electron chi connectivity index (χ0n) is 13.5. The lowest BCUT2D eigenvalue weighted by Gasteiger charge is -2.45. The summed E-state index contributed by atoms with van der Waals surface area (Å²) < 4.78 is 6.37. The lowest BCUT2D eigenvalue weighted by atomic mass is 9.93. The summed E-state index contributed by atoms with van der Waals surface area (Å²) in [7, 11) is 0. The average molecular weight is 306 g/mol. The number of nitrogens with two attached hydrogens (primary N) is 1. The van der Waals surface area contributed by atoms with Gasteiger partial charge in [0.2, 0.25) is 0 Å². The van der Waals surface area contributed by atoms with E-state index in [9.17, 15) is 0 Å². The van der Waals surface area contributed by atoms with Gasteiger partial charge < -0.3 is 15.4 Å². The topological polar surface area (TPSA) is 38.5 Å². The Morgan fingerprint density at radius 3 is 2.67 bits per heavy atom. The fourth-order valence-electron chi connectivity index (χ4n) is 2.86. The number of hydrogen-bond acceptors (Lipinski definition) is 3. The van der Waals surface area contributed by atoms with Crippen molar-refractivity contribution in [3.63, 3.8) is 0 Å². The number of fused-ring (bicyclic) bond motifs is 1. The first-order chi connectivity index (χ1) is 9.90. The highest BCUT2D eigenvalue weighted by Gasteiger charge is 2.37. The maximum Gasteiger partial charge on any atom is 0.143 e. The van der Waals surface area contributed by atoms with Gasteiger partial charge in [0.15, 0.2) is 0 Å².